The van der Waals surface area contributed by atoms with Crippen LogP contribution in [-0.4, -0.2) is 24.7 Å². The molecule has 1 aliphatic rings. The van der Waals surface area contributed by atoms with Gasteiger partial charge in [0.2, 0.25) is 6.29 Å². The first kappa shape index (κ1) is 13.9. The molecule has 0 fully saturated rings. The molecule has 1 aromatic rings. The van der Waals surface area contributed by atoms with Gasteiger partial charge in [-0.3, -0.25) is 0 Å². The number of nitrogens with zero attached hydrogens (tertiary/aromatic N) is 4. The minimum Gasteiger partial charge on any atom is -0.363 e. The summed E-state index contributed by atoms with van der Waals surface area (Å²) in [6.45, 7) is 2.40. The summed E-state index contributed by atoms with van der Waals surface area (Å²) in [6.07, 6.45) is 0.00646. The van der Waals surface area contributed by atoms with Crippen molar-refractivity contribution in [3.63, 3.8) is 0 Å². The van der Waals surface area contributed by atoms with Gasteiger partial charge in [0.05, 0.1) is 11.8 Å². The monoisotopic (exact) mass is 324 g/mol. The molecule has 0 spiro atoms. The minimum atomic E-state index is -0.459. The molecule has 0 aliphatic carbocycles. The Bertz CT molecular complexity index is 511. The van der Waals surface area contributed by atoms with Crippen molar-refractivity contribution in [1.29, 1.82) is 0 Å². The molecule has 1 aliphatic heterocycles. The molecular weight excluding hydrogens is 312 g/mol. The normalized spacial score (nSPS) is 22.1. The van der Waals surface area contributed by atoms with E-state index in [0.29, 0.717) is 18.7 Å². The highest BCUT2D eigenvalue weighted by Crippen LogP contribution is 2.22. The van der Waals surface area contributed by atoms with Crippen molar-refractivity contribution >= 4 is 21.6 Å². The molecule has 1 aromatic carbocycles. The van der Waals surface area contributed by atoms with E-state index in [2.05, 4.69) is 31.1 Å². The van der Waals surface area contributed by atoms with Crippen LogP contribution in [0.5, 0.6) is 0 Å². The van der Waals surface area contributed by atoms with Crippen LogP contribution in [0, 0.1) is 0 Å². The Labute approximate surface area is 119 Å². The van der Waals surface area contributed by atoms with E-state index in [4.69, 9.17) is 15.1 Å². The summed E-state index contributed by atoms with van der Waals surface area (Å²) in [4.78, 5) is 8.13. The summed E-state index contributed by atoms with van der Waals surface area (Å²) in [5.74, 6) is 0. The summed E-state index contributed by atoms with van der Waals surface area (Å²) in [5.41, 5.74) is 10.2. The lowest BCUT2D eigenvalue weighted by atomic mass is 10.0. The highest BCUT2D eigenvalue weighted by Gasteiger charge is 2.28. The predicted molar refractivity (Wildman–Crippen MR) is 74.7 cm³/mol. The van der Waals surface area contributed by atoms with Gasteiger partial charge in [-0.2, -0.15) is 0 Å². The van der Waals surface area contributed by atoms with Crippen LogP contribution in [0.1, 0.15) is 18.9 Å². The van der Waals surface area contributed by atoms with Gasteiger partial charge in [0.15, 0.2) is 0 Å². The van der Waals surface area contributed by atoms with Crippen LogP contribution < -0.4 is 0 Å². The molecule has 19 heavy (non-hydrogen) atoms. The summed E-state index contributed by atoms with van der Waals surface area (Å²) >= 11 is 3.37. The maximum Gasteiger partial charge on any atom is 0.227 e. The maximum atomic E-state index is 8.66. The summed E-state index contributed by atoms with van der Waals surface area (Å²) in [5, 5.41) is 7.82. The van der Waals surface area contributed by atoms with Gasteiger partial charge in [0, 0.05) is 22.4 Å². The largest absolute Gasteiger partial charge is 0.363 e. The van der Waals surface area contributed by atoms with Gasteiger partial charge in [0.25, 0.3) is 0 Å². The van der Waals surface area contributed by atoms with Gasteiger partial charge in [-0.05, 0) is 30.2 Å². The number of ether oxygens (including phenoxy) is 1. The second-order valence-electron chi connectivity index (χ2n) is 3.93. The van der Waals surface area contributed by atoms with Crippen LogP contribution in [0.4, 0.5) is 0 Å². The van der Waals surface area contributed by atoms with E-state index in [1.165, 1.54) is 0 Å². The number of benzene rings is 1. The molecular formula is C12H13BrN4O2. The fourth-order valence-corrected chi connectivity index (χ4v) is 2.09. The summed E-state index contributed by atoms with van der Waals surface area (Å²) in [7, 11) is 0. The highest BCUT2D eigenvalue weighted by molar-refractivity contribution is 9.10. The molecule has 0 N–H and O–H groups in total. The van der Waals surface area contributed by atoms with Crippen molar-refractivity contribution in [2.45, 2.75) is 25.7 Å². The number of hydrogen-bond acceptors (Lipinski definition) is 4. The number of hydrogen-bond donors (Lipinski definition) is 0. The molecule has 0 bridgehead atoms. The van der Waals surface area contributed by atoms with Gasteiger partial charge in [-0.25, -0.2) is 0 Å². The van der Waals surface area contributed by atoms with Gasteiger partial charge in [-0.15, -0.1) is 0 Å². The lowest BCUT2D eigenvalue weighted by molar-refractivity contribution is -0.149. The van der Waals surface area contributed by atoms with Crippen LogP contribution in [0.3, 0.4) is 0 Å². The maximum absolute atomic E-state index is 8.66. The van der Waals surface area contributed by atoms with E-state index in [-0.39, 0.29) is 6.04 Å². The zero-order valence-electron chi connectivity index (χ0n) is 10.4. The third kappa shape index (κ3) is 3.47. The highest BCUT2D eigenvalue weighted by atomic mass is 79.9. The molecule has 2 rings (SSSR count). The average molecular weight is 325 g/mol. The Balaban J connectivity index is 2.26. The van der Waals surface area contributed by atoms with Crippen LogP contribution in [-0.2, 0) is 9.57 Å². The fourth-order valence-electron chi connectivity index (χ4n) is 1.83. The first-order valence-electron chi connectivity index (χ1n) is 5.90. The second-order valence-corrected chi connectivity index (χ2v) is 4.85. The van der Waals surface area contributed by atoms with Crippen molar-refractivity contribution in [2.24, 2.45) is 10.3 Å². The van der Waals surface area contributed by atoms with Gasteiger partial charge in [0.1, 0.15) is 0 Å². The lowest BCUT2D eigenvalue weighted by Crippen LogP contribution is -2.32. The van der Waals surface area contributed by atoms with Gasteiger partial charge < -0.3 is 9.57 Å². The van der Waals surface area contributed by atoms with Crippen LogP contribution in [0.2, 0.25) is 0 Å². The Hall–Kier alpha value is -1.56. The zero-order valence-corrected chi connectivity index (χ0v) is 11.9. The molecule has 0 amide bonds. The summed E-state index contributed by atoms with van der Waals surface area (Å²) < 4.78 is 6.32. The number of azide groups is 1. The van der Waals surface area contributed by atoms with E-state index < -0.39 is 6.29 Å². The molecule has 100 valence electrons. The molecule has 0 unspecified atom stereocenters. The molecule has 0 radical (unpaired) electrons. The second kappa shape index (κ2) is 6.56. The van der Waals surface area contributed by atoms with Crippen molar-refractivity contribution in [2.75, 3.05) is 6.61 Å². The van der Waals surface area contributed by atoms with Gasteiger partial charge in [-0.1, -0.05) is 38.3 Å². The Morgan fingerprint density at radius 2 is 2.26 bits per heavy atom. The molecule has 0 saturated heterocycles. The van der Waals surface area contributed by atoms with Gasteiger partial charge >= 0.3 is 0 Å². The number of rotatable bonds is 4. The average Bonchev–Trinajstić information content (AvgIpc) is 2.41. The molecule has 0 saturated carbocycles. The molecule has 0 aromatic heterocycles. The third-order valence-electron chi connectivity index (χ3n) is 2.68. The minimum absolute atomic E-state index is 0.378. The van der Waals surface area contributed by atoms with E-state index in [0.717, 1.165) is 10.0 Å². The van der Waals surface area contributed by atoms with E-state index in [1.54, 1.807) is 0 Å². The zero-order chi connectivity index (χ0) is 13.7. The van der Waals surface area contributed by atoms with Crippen molar-refractivity contribution in [3.8, 4) is 0 Å². The molecule has 1 heterocycles. The molecule has 2 atom stereocenters. The van der Waals surface area contributed by atoms with E-state index in [9.17, 15) is 0 Å². The first-order chi connectivity index (χ1) is 9.24. The Morgan fingerprint density at radius 3 is 2.89 bits per heavy atom. The molecule has 6 nitrogen and oxygen atoms in total. The molecule has 7 heteroatoms. The predicted octanol–water partition coefficient (Wildman–Crippen LogP) is 3.62. The smallest absolute Gasteiger partial charge is 0.227 e. The first-order valence-corrected chi connectivity index (χ1v) is 6.69. The lowest BCUT2D eigenvalue weighted by Gasteiger charge is -2.25. The van der Waals surface area contributed by atoms with Crippen LogP contribution in [0.15, 0.2) is 39.0 Å². The van der Waals surface area contributed by atoms with Crippen molar-refractivity contribution in [3.05, 3.63) is 44.7 Å². The quantitative estimate of drug-likeness (QED) is 0.481. The third-order valence-corrected chi connectivity index (χ3v) is 3.21. The van der Waals surface area contributed by atoms with E-state index >= 15 is 0 Å². The van der Waals surface area contributed by atoms with Crippen molar-refractivity contribution < 1.29 is 9.57 Å². The fraction of sp³-hybridized carbons (Fsp3) is 0.417. The van der Waals surface area contributed by atoms with Crippen LogP contribution >= 0.6 is 15.9 Å². The van der Waals surface area contributed by atoms with E-state index in [1.807, 2.05) is 31.2 Å². The van der Waals surface area contributed by atoms with Crippen LogP contribution in [0.25, 0.3) is 10.4 Å². The van der Waals surface area contributed by atoms with Crippen molar-refractivity contribution in [1.82, 2.24) is 0 Å². The standard InChI is InChI=1S/C12H13BrN4O2/c1-2-18-11-7-10(15-17-14)12(16-19-11)8-3-5-9(13)6-4-8/h3-6,10-11H,2,7H2,1H3/t10-,11+/m1/s1. The Kier molecular flexibility index (Phi) is 4.79. The Morgan fingerprint density at radius 1 is 1.53 bits per heavy atom. The number of oxime groups is 1. The topological polar surface area (TPSA) is 79.6 Å². The number of halogens is 1. The summed E-state index contributed by atoms with van der Waals surface area (Å²) in [6, 6.07) is 7.22. The SMILES string of the molecule is CCO[C@@H]1C[C@@H](N=[N+]=[N-])C(c2ccc(Br)cc2)=NO1.